The molecule has 82 valence electrons. The summed E-state index contributed by atoms with van der Waals surface area (Å²) in [4.78, 5) is 14.5. The van der Waals surface area contributed by atoms with Crippen LogP contribution in [0.1, 0.15) is 27.7 Å². The number of amides is 1. The zero-order valence-electron chi connectivity index (χ0n) is 9.46. The van der Waals surface area contributed by atoms with Crippen molar-refractivity contribution in [2.45, 2.75) is 32.5 Å². The van der Waals surface area contributed by atoms with E-state index < -0.39 is 0 Å². The van der Waals surface area contributed by atoms with Crippen LogP contribution >= 0.6 is 15.9 Å². The van der Waals surface area contributed by atoms with Gasteiger partial charge < -0.3 is 4.90 Å². The lowest BCUT2D eigenvalue weighted by molar-refractivity contribution is -0.135. The minimum Gasteiger partial charge on any atom is -0.341 e. The van der Waals surface area contributed by atoms with Gasteiger partial charge in [0.2, 0.25) is 5.91 Å². The number of halogens is 1. The highest BCUT2D eigenvalue weighted by atomic mass is 79.9. The first-order valence-electron chi connectivity index (χ1n) is 5.36. The van der Waals surface area contributed by atoms with E-state index in [4.69, 9.17) is 0 Å². The molecule has 0 N–H and O–H groups in total. The van der Waals surface area contributed by atoms with Gasteiger partial charge in [-0.1, -0.05) is 43.6 Å². The van der Waals surface area contributed by atoms with Crippen molar-refractivity contribution in [2.24, 2.45) is 17.8 Å². The molecule has 1 saturated heterocycles. The Morgan fingerprint density at radius 1 is 1.36 bits per heavy atom. The van der Waals surface area contributed by atoms with Gasteiger partial charge in [-0.15, -0.1) is 0 Å². The molecule has 1 heterocycles. The normalized spacial score (nSPS) is 29.7. The summed E-state index contributed by atoms with van der Waals surface area (Å²) >= 11 is 3.60. The van der Waals surface area contributed by atoms with Crippen molar-refractivity contribution in [2.75, 3.05) is 13.1 Å². The molecular weight excluding hydrogens is 242 g/mol. The first-order valence-corrected chi connectivity index (χ1v) is 6.28. The number of nitrogens with zero attached hydrogens (tertiary/aromatic N) is 1. The predicted molar refractivity (Wildman–Crippen MR) is 62.5 cm³/mol. The van der Waals surface area contributed by atoms with Gasteiger partial charge in [0.1, 0.15) is 0 Å². The van der Waals surface area contributed by atoms with Crippen LogP contribution < -0.4 is 0 Å². The fraction of sp³-hybridized carbons (Fsp3) is 0.909. The van der Waals surface area contributed by atoms with E-state index >= 15 is 0 Å². The molecule has 0 aromatic carbocycles. The molecule has 0 spiro atoms. The Bertz CT molecular complexity index is 207. The Hall–Kier alpha value is -0.0500. The van der Waals surface area contributed by atoms with Crippen molar-refractivity contribution >= 4 is 21.8 Å². The standard InChI is InChI=1S/C11H20BrNO/c1-7(2)9(4)11(14)13-5-8(3)10(12)6-13/h7-10H,5-6H2,1-4H3. The van der Waals surface area contributed by atoms with Crippen molar-refractivity contribution < 1.29 is 4.79 Å². The second-order valence-electron chi connectivity index (χ2n) is 4.77. The molecule has 14 heavy (non-hydrogen) atoms. The molecule has 0 saturated carbocycles. The molecule has 3 atom stereocenters. The van der Waals surface area contributed by atoms with Crippen molar-refractivity contribution in [1.29, 1.82) is 0 Å². The molecule has 1 amide bonds. The van der Waals surface area contributed by atoms with Crippen LogP contribution in [0, 0.1) is 17.8 Å². The van der Waals surface area contributed by atoms with Crippen LogP contribution in [0.25, 0.3) is 0 Å². The lowest BCUT2D eigenvalue weighted by atomic mass is 9.97. The maximum Gasteiger partial charge on any atom is 0.225 e. The maximum atomic E-state index is 12.0. The fourth-order valence-corrected chi connectivity index (χ4v) is 2.20. The van der Waals surface area contributed by atoms with Crippen LogP contribution in [-0.4, -0.2) is 28.7 Å². The molecule has 3 heteroatoms. The molecule has 1 aliphatic rings. The molecule has 0 aromatic heterocycles. The van der Waals surface area contributed by atoms with E-state index in [2.05, 4.69) is 36.7 Å². The summed E-state index contributed by atoms with van der Waals surface area (Å²) in [5.74, 6) is 1.49. The molecule has 0 aromatic rings. The average molecular weight is 262 g/mol. The average Bonchev–Trinajstić information content (AvgIpc) is 2.44. The zero-order chi connectivity index (χ0) is 10.9. The monoisotopic (exact) mass is 261 g/mol. The summed E-state index contributed by atoms with van der Waals surface area (Å²) < 4.78 is 0. The Balaban J connectivity index is 2.55. The van der Waals surface area contributed by atoms with Gasteiger partial charge in [-0.05, 0) is 11.8 Å². The lowest BCUT2D eigenvalue weighted by Gasteiger charge is -2.22. The van der Waals surface area contributed by atoms with Crippen LogP contribution in [0.15, 0.2) is 0 Å². The number of alkyl halides is 1. The van der Waals surface area contributed by atoms with E-state index in [-0.39, 0.29) is 5.92 Å². The van der Waals surface area contributed by atoms with Gasteiger partial charge in [0.25, 0.3) is 0 Å². The highest BCUT2D eigenvalue weighted by molar-refractivity contribution is 9.09. The van der Waals surface area contributed by atoms with Crippen LogP contribution in [0.5, 0.6) is 0 Å². The highest BCUT2D eigenvalue weighted by Crippen LogP contribution is 2.25. The van der Waals surface area contributed by atoms with Gasteiger partial charge in [-0.3, -0.25) is 4.79 Å². The molecule has 0 radical (unpaired) electrons. The van der Waals surface area contributed by atoms with E-state index in [1.165, 1.54) is 0 Å². The maximum absolute atomic E-state index is 12.0. The van der Waals surface area contributed by atoms with Gasteiger partial charge in [-0.2, -0.15) is 0 Å². The van der Waals surface area contributed by atoms with Crippen LogP contribution in [0.3, 0.4) is 0 Å². The number of hydrogen-bond acceptors (Lipinski definition) is 1. The Kier molecular flexibility index (Phi) is 3.99. The van der Waals surface area contributed by atoms with Crippen molar-refractivity contribution in [3.05, 3.63) is 0 Å². The minimum absolute atomic E-state index is 0.153. The van der Waals surface area contributed by atoms with E-state index in [0.29, 0.717) is 22.6 Å². The van der Waals surface area contributed by atoms with Gasteiger partial charge in [0.15, 0.2) is 0 Å². The second-order valence-corrected chi connectivity index (χ2v) is 5.95. The predicted octanol–water partition coefficient (Wildman–Crippen LogP) is 2.52. The van der Waals surface area contributed by atoms with E-state index in [9.17, 15) is 4.79 Å². The topological polar surface area (TPSA) is 20.3 Å². The van der Waals surface area contributed by atoms with E-state index in [1.54, 1.807) is 0 Å². The lowest BCUT2D eigenvalue weighted by Crippen LogP contribution is -2.35. The molecule has 0 bridgehead atoms. The number of rotatable bonds is 2. The first-order chi connectivity index (χ1) is 6.43. The van der Waals surface area contributed by atoms with Gasteiger partial charge >= 0.3 is 0 Å². The first kappa shape index (κ1) is 12.0. The molecule has 1 aliphatic heterocycles. The minimum atomic E-state index is 0.153. The second kappa shape index (κ2) is 4.65. The Morgan fingerprint density at radius 2 is 1.93 bits per heavy atom. The molecule has 1 rings (SSSR count). The fourth-order valence-electron chi connectivity index (χ4n) is 1.68. The molecule has 0 aliphatic carbocycles. The smallest absolute Gasteiger partial charge is 0.225 e. The number of carbonyl (C=O) groups is 1. The zero-order valence-corrected chi connectivity index (χ0v) is 11.0. The third-order valence-electron chi connectivity index (χ3n) is 3.22. The van der Waals surface area contributed by atoms with Crippen molar-refractivity contribution in [3.63, 3.8) is 0 Å². The highest BCUT2D eigenvalue weighted by Gasteiger charge is 2.33. The summed E-state index contributed by atoms with van der Waals surface area (Å²) in [5.41, 5.74) is 0. The Morgan fingerprint density at radius 3 is 2.29 bits per heavy atom. The third kappa shape index (κ3) is 2.50. The number of carbonyl (C=O) groups excluding carboxylic acids is 1. The van der Waals surface area contributed by atoms with Crippen LogP contribution in [-0.2, 0) is 4.79 Å². The SMILES string of the molecule is CC(C)C(C)C(=O)N1CC(C)C(Br)C1. The molecule has 3 unspecified atom stereocenters. The summed E-state index contributed by atoms with van der Waals surface area (Å²) in [6, 6.07) is 0. The largest absolute Gasteiger partial charge is 0.341 e. The molecule has 1 fully saturated rings. The molecule has 2 nitrogen and oxygen atoms in total. The van der Waals surface area contributed by atoms with Crippen LogP contribution in [0.2, 0.25) is 0 Å². The number of hydrogen-bond donors (Lipinski definition) is 0. The molecular formula is C11H20BrNO. The van der Waals surface area contributed by atoms with Gasteiger partial charge in [-0.25, -0.2) is 0 Å². The van der Waals surface area contributed by atoms with Crippen molar-refractivity contribution in [3.8, 4) is 0 Å². The summed E-state index contributed by atoms with van der Waals surface area (Å²) in [7, 11) is 0. The van der Waals surface area contributed by atoms with Crippen LogP contribution in [0.4, 0.5) is 0 Å². The third-order valence-corrected chi connectivity index (χ3v) is 4.41. The van der Waals surface area contributed by atoms with Crippen molar-refractivity contribution in [1.82, 2.24) is 4.90 Å². The summed E-state index contributed by atoms with van der Waals surface area (Å²) in [6.07, 6.45) is 0. The quantitative estimate of drug-likeness (QED) is 0.700. The van der Waals surface area contributed by atoms with Gasteiger partial charge in [0, 0.05) is 23.8 Å². The Labute approximate surface area is 95.2 Å². The van der Waals surface area contributed by atoms with E-state index in [1.807, 2.05) is 11.8 Å². The van der Waals surface area contributed by atoms with E-state index in [0.717, 1.165) is 13.1 Å². The summed E-state index contributed by atoms with van der Waals surface area (Å²) in [6.45, 7) is 10.2. The van der Waals surface area contributed by atoms with Gasteiger partial charge in [0.05, 0.1) is 0 Å². The summed E-state index contributed by atoms with van der Waals surface area (Å²) in [5, 5.41) is 0. The number of likely N-dealkylation sites (tertiary alicyclic amines) is 1.